The average Bonchev–Trinajstić information content (AvgIpc) is 3.57. The molecule has 2 fully saturated rings. The number of rotatable bonds is 7. The van der Waals surface area contributed by atoms with Crippen molar-refractivity contribution in [2.45, 2.75) is 44.4 Å². The van der Waals surface area contributed by atoms with E-state index in [4.69, 9.17) is 11.6 Å². The van der Waals surface area contributed by atoms with Crippen LogP contribution >= 0.6 is 11.6 Å². The predicted octanol–water partition coefficient (Wildman–Crippen LogP) is 3.75. The molecule has 1 aromatic heterocycles. The topological polar surface area (TPSA) is 61.4 Å². The second kappa shape index (κ2) is 9.55. The molecule has 5 rings (SSSR count). The number of nitrogens with one attached hydrogen (secondary N) is 1. The SMILES string of the molecule is C[C@@H]1CCc2ncnc(N3CCN(C(=O)[C@H](CNCC4CC4)c4ccc(Cl)cc4F)CC3)c21. The van der Waals surface area contributed by atoms with Crippen molar-refractivity contribution in [3.8, 4) is 0 Å². The zero-order valence-electron chi connectivity index (χ0n) is 19.1. The molecule has 0 spiro atoms. The highest BCUT2D eigenvalue weighted by Crippen LogP contribution is 2.37. The van der Waals surface area contributed by atoms with Gasteiger partial charge in [-0.15, -0.1) is 0 Å². The fourth-order valence-corrected chi connectivity index (χ4v) is 5.26. The van der Waals surface area contributed by atoms with Gasteiger partial charge in [0.1, 0.15) is 18.0 Å². The fourth-order valence-electron chi connectivity index (χ4n) is 5.10. The average molecular weight is 472 g/mol. The summed E-state index contributed by atoms with van der Waals surface area (Å²) in [5.74, 6) is 1.17. The highest BCUT2D eigenvalue weighted by atomic mass is 35.5. The van der Waals surface area contributed by atoms with Crippen LogP contribution in [0.3, 0.4) is 0 Å². The first kappa shape index (κ1) is 22.5. The highest BCUT2D eigenvalue weighted by molar-refractivity contribution is 6.30. The van der Waals surface area contributed by atoms with Crippen LogP contribution in [0, 0.1) is 11.7 Å². The summed E-state index contributed by atoms with van der Waals surface area (Å²) in [4.78, 5) is 26.8. The number of nitrogens with zero attached hydrogens (tertiary/aromatic N) is 4. The Balaban J connectivity index is 1.29. The Hall–Kier alpha value is -2.25. The molecule has 2 heterocycles. The quantitative estimate of drug-likeness (QED) is 0.666. The summed E-state index contributed by atoms with van der Waals surface area (Å²) in [6.07, 6.45) is 6.24. The van der Waals surface area contributed by atoms with Crippen molar-refractivity contribution in [3.63, 3.8) is 0 Å². The number of hydrogen-bond acceptors (Lipinski definition) is 5. The molecule has 0 unspecified atom stereocenters. The fraction of sp³-hybridized carbons (Fsp3) is 0.560. The third-order valence-corrected chi connectivity index (χ3v) is 7.49. The summed E-state index contributed by atoms with van der Waals surface area (Å²) in [5.41, 5.74) is 2.84. The molecule has 1 aromatic carbocycles. The minimum absolute atomic E-state index is 0.0274. The Bertz CT molecular complexity index is 1020. The summed E-state index contributed by atoms with van der Waals surface area (Å²) in [7, 11) is 0. The lowest BCUT2D eigenvalue weighted by atomic mass is 9.96. The van der Waals surface area contributed by atoms with E-state index in [0.717, 1.165) is 30.9 Å². The Morgan fingerprint density at radius 3 is 2.73 bits per heavy atom. The molecule has 2 atom stereocenters. The zero-order valence-corrected chi connectivity index (χ0v) is 19.8. The van der Waals surface area contributed by atoms with E-state index in [1.807, 2.05) is 4.90 Å². The molecule has 2 aliphatic carbocycles. The van der Waals surface area contributed by atoms with Gasteiger partial charge >= 0.3 is 0 Å². The smallest absolute Gasteiger partial charge is 0.231 e. The second-order valence-electron chi connectivity index (χ2n) is 9.63. The van der Waals surface area contributed by atoms with Crippen molar-refractivity contribution in [1.82, 2.24) is 20.2 Å². The maximum Gasteiger partial charge on any atom is 0.231 e. The van der Waals surface area contributed by atoms with E-state index in [-0.39, 0.29) is 5.91 Å². The van der Waals surface area contributed by atoms with Crippen LogP contribution in [0.1, 0.15) is 54.8 Å². The summed E-state index contributed by atoms with van der Waals surface area (Å²) < 4.78 is 14.8. The molecular formula is C25H31ClFN5O. The van der Waals surface area contributed by atoms with Crippen molar-refractivity contribution in [2.75, 3.05) is 44.2 Å². The highest BCUT2D eigenvalue weighted by Gasteiger charge is 2.33. The van der Waals surface area contributed by atoms with Crippen LogP contribution < -0.4 is 10.2 Å². The molecule has 33 heavy (non-hydrogen) atoms. The Morgan fingerprint density at radius 1 is 1.21 bits per heavy atom. The van der Waals surface area contributed by atoms with Gasteiger partial charge in [0.15, 0.2) is 0 Å². The molecule has 1 amide bonds. The van der Waals surface area contributed by atoms with Crippen LogP contribution in [-0.4, -0.2) is 60.0 Å². The molecule has 0 bridgehead atoms. The molecule has 8 heteroatoms. The van der Waals surface area contributed by atoms with Crippen molar-refractivity contribution in [1.29, 1.82) is 0 Å². The lowest BCUT2D eigenvalue weighted by Crippen LogP contribution is -2.51. The monoisotopic (exact) mass is 471 g/mol. The number of piperazine rings is 1. The van der Waals surface area contributed by atoms with E-state index in [2.05, 4.69) is 27.1 Å². The molecule has 176 valence electrons. The number of halogens is 2. The Labute approximate surface area is 199 Å². The van der Waals surface area contributed by atoms with Gasteiger partial charge in [-0.3, -0.25) is 4.79 Å². The number of anilines is 1. The van der Waals surface area contributed by atoms with Crippen molar-refractivity contribution in [2.24, 2.45) is 5.92 Å². The predicted molar refractivity (Wildman–Crippen MR) is 127 cm³/mol. The standard InChI is InChI=1S/C25H31ClFN5O/c1-16-2-7-22-23(16)24(30-15-29-22)31-8-10-32(11-9-31)25(33)20(14-28-13-17-3-4-17)19-6-5-18(26)12-21(19)27/h5-6,12,15-17,20,28H,2-4,7-11,13-14H2,1H3/t16-,20-/m1/s1. The molecule has 1 aliphatic heterocycles. The van der Waals surface area contributed by atoms with Gasteiger partial charge in [-0.25, -0.2) is 14.4 Å². The van der Waals surface area contributed by atoms with Crippen LogP contribution in [0.2, 0.25) is 5.02 Å². The van der Waals surface area contributed by atoms with Gasteiger partial charge in [0.05, 0.1) is 5.92 Å². The number of hydrogen-bond donors (Lipinski definition) is 1. The largest absolute Gasteiger partial charge is 0.353 e. The van der Waals surface area contributed by atoms with Crippen LogP contribution in [0.4, 0.5) is 10.2 Å². The molecule has 1 saturated heterocycles. The van der Waals surface area contributed by atoms with E-state index in [0.29, 0.717) is 55.1 Å². The number of carbonyl (C=O) groups is 1. The van der Waals surface area contributed by atoms with Gasteiger partial charge in [0, 0.05) is 54.6 Å². The molecule has 1 saturated carbocycles. The van der Waals surface area contributed by atoms with Gasteiger partial charge in [-0.1, -0.05) is 24.6 Å². The van der Waals surface area contributed by atoms with Gasteiger partial charge in [0.2, 0.25) is 5.91 Å². The molecular weight excluding hydrogens is 441 g/mol. The van der Waals surface area contributed by atoms with E-state index < -0.39 is 11.7 Å². The number of benzene rings is 1. The van der Waals surface area contributed by atoms with Crippen LogP contribution in [0.15, 0.2) is 24.5 Å². The normalized spacial score (nSPS) is 21.2. The molecule has 2 aromatic rings. The van der Waals surface area contributed by atoms with Gasteiger partial charge in [0.25, 0.3) is 0 Å². The first-order valence-corrected chi connectivity index (χ1v) is 12.4. The summed E-state index contributed by atoms with van der Waals surface area (Å²) in [5, 5.41) is 3.74. The second-order valence-corrected chi connectivity index (χ2v) is 10.1. The van der Waals surface area contributed by atoms with Crippen molar-refractivity contribution < 1.29 is 9.18 Å². The number of aryl methyl sites for hydroxylation is 1. The van der Waals surface area contributed by atoms with E-state index >= 15 is 0 Å². The third kappa shape index (κ3) is 4.85. The maximum absolute atomic E-state index is 14.8. The van der Waals surface area contributed by atoms with E-state index in [9.17, 15) is 9.18 Å². The lowest BCUT2D eigenvalue weighted by molar-refractivity contribution is -0.133. The third-order valence-electron chi connectivity index (χ3n) is 7.26. The van der Waals surface area contributed by atoms with E-state index in [1.54, 1.807) is 18.5 Å². The minimum Gasteiger partial charge on any atom is -0.353 e. The van der Waals surface area contributed by atoms with Crippen molar-refractivity contribution >= 4 is 23.3 Å². The minimum atomic E-state index is -0.559. The lowest BCUT2D eigenvalue weighted by Gasteiger charge is -2.38. The van der Waals surface area contributed by atoms with Gasteiger partial charge in [-0.05, 0) is 56.2 Å². The molecule has 6 nitrogen and oxygen atoms in total. The number of amides is 1. The number of aromatic nitrogens is 2. The Kier molecular flexibility index (Phi) is 6.52. The maximum atomic E-state index is 14.8. The molecule has 0 radical (unpaired) electrons. The van der Waals surface area contributed by atoms with Gasteiger partial charge < -0.3 is 15.1 Å². The van der Waals surface area contributed by atoms with Gasteiger partial charge in [-0.2, -0.15) is 0 Å². The van der Waals surface area contributed by atoms with Crippen LogP contribution in [0.5, 0.6) is 0 Å². The Morgan fingerprint density at radius 2 is 2.00 bits per heavy atom. The number of carbonyl (C=O) groups excluding carboxylic acids is 1. The first-order valence-electron chi connectivity index (χ1n) is 12.0. The van der Waals surface area contributed by atoms with Crippen LogP contribution in [-0.2, 0) is 11.2 Å². The summed E-state index contributed by atoms with van der Waals surface area (Å²) in [6.45, 7) is 6.17. The first-order chi connectivity index (χ1) is 16.0. The number of fused-ring (bicyclic) bond motifs is 1. The van der Waals surface area contributed by atoms with E-state index in [1.165, 1.54) is 24.5 Å². The zero-order chi connectivity index (χ0) is 22.9. The molecule has 1 N–H and O–H groups in total. The molecule has 3 aliphatic rings. The summed E-state index contributed by atoms with van der Waals surface area (Å²) in [6, 6.07) is 4.61. The van der Waals surface area contributed by atoms with Crippen LogP contribution in [0.25, 0.3) is 0 Å². The summed E-state index contributed by atoms with van der Waals surface area (Å²) >= 11 is 5.96. The van der Waals surface area contributed by atoms with Crippen molar-refractivity contribution in [3.05, 3.63) is 52.2 Å².